The maximum absolute atomic E-state index is 12.6. The second kappa shape index (κ2) is 9.39. The van der Waals surface area contributed by atoms with Gasteiger partial charge in [-0.15, -0.1) is 0 Å². The van der Waals surface area contributed by atoms with Crippen LogP contribution in [0.1, 0.15) is 112 Å². The van der Waals surface area contributed by atoms with E-state index in [-0.39, 0.29) is 24.0 Å². The molecule has 7 heteroatoms. The average Bonchev–Trinajstić information content (AvgIpc) is 2.69. The number of hydrogen-bond donors (Lipinski definition) is 1. The first-order valence-electron chi connectivity index (χ1n) is 13.7. The van der Waals surface area contributed by atoms with E-state index in [1.165, 1.54) is 0 Å². The third kappa shape index (κ3) is 6.16. The second-order valence-corrected chi connectivity index (χ2v) is 14.2. The standard InChI is InChI=1S/C29H46O7/c1-19(2)23(30)33-27(7)12-20-9-8-10-29(15-20,18-27)36-35-22-11-21-13-26(6,17-28(32,14-21)16-22)34-24(31)25(3,4)5/h20-22,32H,1,8-18H2,2-7H3. The number of fused-ring (bicyclic) bond motifs is 4. The maximum atomic E-state index is 12.6. The van der Waals surface area contributed by atoms with Crippen LogP contribution in [0.25, 0.3) is 0 Å². The summed E-state index contributed by atoms with van der Waals surface area (Å²) in [4.78, 5) is 37.3. The smallest absolute Gasteiger partial charge is 0.333 e. The van der Waals surface area contributed by atoms with Crippen molar-refractivity contribution in [2.24, 2.45) is 17.3 Å². The zero-order valence-corrected chi connectivity index (χ0v) is 23.1. The average molecular weight is 507 g/mol. The number of esters is 2. The molecule has 0 heterocycles. The SMILES string of the molecule is C=C(C)C(=O)OC1(C)CC2CCCC(OOC3CC4CC(O)(C3)CC(C)(OC(=O)C(C)(C)C)C4)(C2)C1. The van der Waals surface area contributed by atoms with Crippen LogP contribution in [0, 0.1) is 17.3 Å². The van der Waals surface area contributed by atoms with Crippen molar-refractivity contribution < 1.29 is 33.9 Å². The summed E-state index contributed by atoms with van der Waals surface area (Å²) in [6, 6.07) is 0. The van der Waals surface area contributed by atoms with Crippen LogP contribution in [0.4, 0.5) is 0 Å². The van der Waals surface area contributed by atoms with Crippen molar-refractivity contribution in [3.63, 3.8) is 0 Å². The van der Waals surface area contributed by atoms with E-state index in [9.17, 15) is 14.7 Å². The number of carbonyl (C=O) groups excluding carboxylic acids is 2. The van der Waals surface area contributed by atoms with Gasteiger partial charge in [0.2, 0.25) is 0 Å². The molecule has 7 atom stereocenters. The summed E-state index contributed by atoms with van der Waals surface area (Å²) in [7, 11) is 0. The maximum Gasteiger partial charge on any atom is 0.333 e. The molecular formula is C29H46O7. The Morgan fingerprint density at radius 1 is 0.944 bits per heavy atom. The molecule has 4 rings (SSSR count). The molecule has 204 valence electrons. The van der Waals surface area contributed by atoms with Crippen LogP contribution in [-0.4, -0.2) is 45.6 Å². The lowest BCUT2D eigenvalue weighted by molar-refractivity contribution is -0.413. The van der Waals surface area contributed by atoms with E-state index in [1.54, 1.807) is 6.92 Å². The summed E-state index contributed by atoms with van der Waals surface area (Å²) in [5.41, 5.74) is -2.91. The molecule has 4 saturated carbocycles. The summed E-state index contributed by atoms with van der Waals surface area (Å²) < 4.78 is 11.8. The first-order valence-corrected chi connectivity index (χ1v) is 13.7. The molecular weight excluding hydrogens is 460 g/mol. The topological polar surface area (TPSA) is 91.3 Å². The van der Waals surface area contributed by atoms with Gasteiger partial charge in [-0.2, -0.15) is 0 Å². The van der Waals surface area contributed by atoms with Gasteiger partial charge in [-0.3, -0.25) is 4.79 Å². The van der Waals surface area contributed by atoms with Crippen LogP contribution >= 0.6 is 0 Å². The minimum atomic E-state index is -0.951. The second-order valence-electron chi connectivity index (χ2n) is 14.2. The highest BCUT2D eigenvalue weighted by molar-refractivity contribution is 5.87. The van der Waals surface area contributed by atoms with Gasteiger partial charge >= 0.3 is 11.9 Å². The Hall–Kier alpha value is -1.44. The molecule has 0 aromatic carbocycles. The van der Waals surface area contributed by atoms with Crippen molar-refractivity contribution in [2.45, 2.75) is 141 Å². The van der Waals surface area contributed by atoms with Crippen molar-refractivity contribution in [3.05, 3.63) is 12.2 Å². The highest BCUT2D eigenvalue weighted by atomic mass is 17.2. The van der Waals surface area contributed by atoms with E-state index in [0.717, 1.165) is 38.5 Å². The van der Waals surface area contributed by atoms with E-state index in [1.807, 2.05) is 34.6 Å². The lowest BCUT2D eigenvalue weighted by Gasteiger charge is -2.53. The van der Waals surface area contributed by atoms with Gasteiger partial charge in [0.05, 0.1) is 17.1 Å². The van der Waals surface area contributed by atoms with E-state index in [4.69, 9.17) is 19.2 Å². The van der Waals surface area contributed by atoms with Crippen molar-refractivity contribution in [1.29, 1.82) is 0 Å². The predicted molar refractivity (Wildman–Crippen MR) is 135 cm³/mol. The first-order chi connectivity index (χ1) is 16.5. The molecule has 4 aliphatic carbocycles. The summed E-state index contributed by atoms with van der Waals surface area (Å²) in [5.74, 6) is 0.0233. The molecule has 0 aromatic rings. The zero-order chi connectivity index (χ0) is 26.6. The fourth-order valence-corrected chi connectivity index (χ4v) is 7.60. The third-order valence-corrected chi connectivity index (χ3v) is 8.62. The zero-order valence-electron chi connectivity index (χ0n) is 23.1. The van der Waals surface area contributed by atoms with Gasteiger partial charge in [-0.25, -0.2) is 14.6 Å². The number of rotatable bonds is 6. The number of ether oxygens (including phenoxy) is 2. The number of carbonyl (C=O) groups is 2. The van der Waals surface area contributed by atoms with Gasteiger partial charge in [0.15, 0.2) is 0 Å². The lowest BCUT2D eigenvalue weighted by Crippen LogP contribution is -2.56. The molecule has 4 aliphatic rings. The van der Waals surface area contributed by atoms with Crippen LogP contribution < -0.4 is 0 Å². The molecule has 36 heavy (non-hydrogen) atoms. The molecule has 0 aliphatic heterocycles. The molecule has 0 spiro atoms. The molecule has 7 unspecified atom stereocenters. The van der Waals surface area contributed by atoms with Crippen molar-refractivity contribution in [2.75, 3.05) is 0 Å². The van der Waals surface area contributed by atoms with Crippen molar-refractivity contribution >= 4 is 11.9 Å². The molecule has 0 radical (unpaired) electrons. The van der Waals surface area contributed by atoms with E-state index in [2.05, 4.69) is 6.58 Å². The van der Waals surface area contributed by atoms with Crippen molar-refractivity contribution in [3.8, 4) is 0 Å². The fraction of sp³-hybridized carbons (Fsp3) is 0.862. The normalized spacial score (nSPS) is 42.4. The van der Waals surface area contributed by atoms with Gasteiger partial charge in [-0.1, -0.05) is 19.4 Å². The fourth-order valence-electron chi connectivity index (χ4n) is 7.60. The Bertz CT molecular complexity index is 893. The number of hydrogen-bond acceptors (Lipinski definition) is 7. The van der Waals surface area contributed by atoms with Crippen LogP contribution in [0.2, 0.25) is 0 Å². The molecule has 4 fully saturated rings. The summed E-state index contributed by atoms with van der Waals surface area (Å²) >= 11 is 0. The Balaban J connectivity index is 1.40. The Morgan fingerprint density at radius 2 is 1.61 bits per heavy atom. The summed E-state index contributed by atoms with van der Waals surface area (Å²) in [6.07, 6.45) is 8.13. The highest BCUT2D eigenvalue weighted by Crippen LogP contribution is 2.53. The lowest BCUT2D eigenvalue weighted by atomic mass is 9.63. The quantitative estimate of drug-likeness (QED) is 0.218. The molecule has 0 aromatic heterocycles. The Labute approximate surface area is 216 Å². The largest absolute Gasteiger partial charge is 0.459 e. The molecule has 7 nitrogen and oxygen atoms in total. The van der Waals surface area contributed by atoms with E-state index in [0.29, 0.717) is 43.6 Å². The van der Waals surface area contributed by atoms with Gasteiger partial charge < -0.3 is 14.6 Å². The van der Waals surface area contributed by atoms with Gasteiger partial charge in [0.1, 0.15) is 16.8 Å². The van der Waals surface area contributed by atoms with Gasteiger partial charge in [-0.05, 0) is 91.9 Å². The van der Waals surface area contributed by atoms with Crippen LogP contribution in [-0.2, 0) is 28.8 Å². The van der Waals surface area contributed by atoms with Crippen molar-refractivity contribution in [1.82, 2.24) is 0 Å². The highest BCUT2D eigenvalue weighted by Gasteiger charge is 2.55. The molecule has 0 amide bonds. The van der Waals surface area contributed by atoms with Crippen LogP contribution in [0.3, 0.4) is 0 Å². The summed E-state index contributed by atoms with van der Waals surface area (Å²) in [6.45, 7) is 14.9. The predicted octanol–water partition coefficient (Wildman–Crippen LogP) is 5.58. The molecule has 1 N–H and O–H groups in total. The van der Waals surface area contributed by atoms with Gasteiger partial charge in [0, 0.05) is 24.8 Å². The monoisotopic (exact) mass is 506 g/mol. The van der Waals surface area contributed by atoms with Crippen LogP contribution in [0.5, 0.6) is 0 Å². The van der Waals surface area contributed by atoms with E-state index < -0.39 is 27.8 Å². The van der Waals surface area contributed by atoms with Crippen LogP contribution in [0.15, 0.2) is 12.2 Å². The molecule has 0 saturated heterocycles. The van der Waals surface area contributed by atoms with Gasteiger partial charge in [0.25, 0.3) is 0 Å². The Morgan fingerprint density at radius 3 is 2.25 bits per heavy atom. The minimum absolute atomic E-state index is 0.189. The summed E-state index contributed by atoms with van der Waals surface area (Å²) in [5, 5.41) is 11.5. The third-order valence-electron chi connectivity index (χ3n) is 8.62. The minimum Gasteiger partial charge on any atom is -0.459 e. The number of aliphatic hydroxyl groups is 1. The Kier molecular flexibility index (Phi) is 7.20. The first kappa shape index (κ1) is 27.6. The molecule has 4 bridgehead atoms. The van der Waals surface area contributed by atoms with E-state index >= 15 is 0 Å².